The van der Waals surface area contributed by atoms with Gasteiger partial charge in [-0.15, -0.1) is 0 Å². The number of benzene rings is 2. The number of ether oxygens (including phenoxy) is 2. The molecule has 5 nitrogen and oxygen atoms in total. The van der Waals surface area contributed by atoms with Crippen LogP contribution in [0.15, 0.2) is 48.5 Å². The molecule has 0 fully saturated rings. The number of hydrogen-bond donors (Lipinski definition) is 1. The van der Waals surface area contributed by atoms with E-state index in [1.54, 1.807) is 31.4 Å². The van der Waals surface area contributed by atoms with Crippen molar-refractivity contribution in [3.05, 3.63) is 65.5 Å². The Morgan fingerprint density at radius 2 is 1.68 bits per heavy atom. The van der Waals surface area contributed by atoms with Gasteiger partial charge in [0.25, 0.3) is 0 Å². The maximum atomic E-state index is 12.9. The summed E-state index contributed by atoms with van der Waals surface area (Å²) < 4.78 is 23.7. The highest BCUT2D eigenvalue weighted by Gasteiger charge is 2.08. The van der Waals surface area contributed by atoms with E-state index < -0.39 is 5.97 Å². The van der Waals surface area contributed by atoms with Crippen molar-refractivity contribution < 1.29 is 23.8 Å². The maximum absolute atomic E-state index is 12.9. The van der Waals surface area contributed by atoms with Gasteiger partial charge < -0.3 is 14.6 Å². The van der Waals surface area contributed by atoms with Crippen LogP contribution < -0.4 is 4.74 Å². The zero-order chi connectivity index (χ0) is 18.1. The van der Waals surface area contributed by atoms with Gasteiger partial charge in [-0.05, 0) is 42.0 Å². The van der Waals surface area contributed by atoms with Gasteiger partial charge in [-0.25, -0.2) is 9.18 Å². The standard InChI is InChI=1S/C19H22FNO4/c1-24-12-10-21(11-13-25-18-8-6-17(20)7-9-18)14-15-2-4-16(5-3-15)19(22)23/h2-9H,10-14H2,1H3,(H,22,23). The fourth-order valence-corrected chi connectivity index (χ4v) is 2.32. The molecule has 6 heteroatoms. The number of rotatable bonds is 10. The first-order valence-electron chi connectivity index (χ1n) is 8.00. The minimum absolute atomic E-state index is 0.270. The zero-order valence-electron chi connectivity index (χ0n) is 14.2. The van der Waals surface area contributed by atoms with E-state index >= 15 is 0 Å². The van der Waals surface area contributed by atoms with E-state index in [0.29, 0.717) is 32.1 Å². The number of halogens is 1. The predicted octanol–water partition coefficient (Wildman–Crippen LogP) is 3.05. The summed E-state index contributed by atoms with van der Waals surface area (Å²) in [5.74, 6) is -0.603. The molecule has 2 rings (SSSR count). The molecule has 2 aromatic carbocycles. The second-order valence-electron chi connectivity index (χ2n) is 5.57. The minimum atomic E-state index is -0.935. The first-order chi connectivity index (χ1) is 12.1. The van der Waals surface area contributed by atoms with Crippen molar-refractivity contribution >= 4 is 5.97 Å². The fourth-order valence-electron chi connectivity index (χ4n) is 2.32. The molecule has 0 saturated heterocycles. The van der Waals surface area contributed by atoms with Crippen molar-refractivity contribution in [1.82, 2.24) is 4.90 Å². The van der Waals surface area contributed by atoms with Crippen LogP contribution in [0.25, 0.3) is 0 Å². The lowest BCUT2D eigenvalue weighted by Gasteiger charge is -2.22. The van der Waals surface area contributed by atoms with Gasteiger partial charge in [-0.1, -0.05) is 12.1 Å². The summed E-state index contributed by atoms with van der Waals surface area (Å²) in [7, 11) is 1.65. The van der Waals surface area contributed by atoms with Crippen LogP contribution in [0, 0.1) is 5.82 Å². The number of aromatic carboxylic acids is 1. The Balaban J connectivity index is 1.88. The van der Waals surface area contributed by atoms with Gasteiger partial charge in [0.15, 0.2) is 0 Å². The molecule has 2 aromatic rings. The van der Waals surface area contributed by atoms with E-state index in [0.717, 1.165) is 12.1 Å². The number of nitrogens with zero attached hydrogens (tertiary/aromatic N) is 1. The molecule has 0 aliphatic carbocycles. The van der Waals surface area contributed by atoms with Crippen LogP contribution in [-0.2, 0) is 11.3 Å². The van der Waals surface area contributed by atoms with Crippen molar-refractivity contribution in [1.29, 1.82) is 0 Å². The topological polar surface area (TPSA) is 59.0 Å². The molecule has 0 atom stereocenters. The molecule has 0 aromatic heterocycles. The summed E-state index contributed by atoms with van der Waals surface area (Å²) in [6.07, 6.45) is 0. The molecule has 0 radical (unpaired) electrons. The Morgan fingerprint density at radius 1 is 1.04 bits per heavy atom. The first kappa shape index (κ1) is 18.9. The lowest BCUT2D eigenvalue weighted by molar-refractivity contribution is 0.0697. The lowest BCUT2D eigenvalue weighted by atomic mass is 10.1. The van der Waals surface area contributed by atoms with Gasteiger partial charge >= 0.3 is 5.97 Å². The molecule has 0 aliphatic heterocycles. The normalized spacial score (nSPS) is 10.8. The minimum Gasteiger partial charge on any atom is -0.492 e. The molecular weight excluding hydrogens is 325 g/mol. The van der Waals surface area contributed by atoms with E-state index in [2.05, 4.69) is 4.90 Å². The average Bonchev–Trinajstić information content (AvgIpc) is 2.61. The van der Waals surface area contributed by atoms with Crippen molar-refractivity contribution in [3.8, 4) is 5.75 Å². The lowest BCUT2D eigenvalue weighted by Crippen LogP contribution is -2.31. The summed E-state index contributed by atoms with van der Waals surface area (Å²) in [6, 6.07) is 12.7. The Bertz CT molecular complexity index is 658. The molecule has 0 heterocycles. The molecule has 0 amide bonds. The van der Waals surface area contributed by atoms with E-state index in [-0.39, 0.29) is 11.4 Å². The van der Waals surface area contributed by atoms with Crippen molar-refractivity contribution in [2.24, 2.45) is 0 Å². The molecule has 0 spiro atoms. The number of methoxy groups -OCH3 is 1. The summed E-state index contributed by atoms with van der Waals surface area (Å²) in [5, 5.41) is 8.95. The highest BCUT2D eigenvalue weighted by atomic mass is 19.1. The quantitative estimate of drug-likeness (QED) is 0.716. The fraction of sp³-hybridized carbons (Fsp3) is 0.316. The third-order valence-corrected chi connectivity index (χ3v) is 3.71. The Morgan fingerprint density at radius 3 is 2.28 bits per heavy atom. The van der Waals surface area contributed by atoms with Crippen molar-refractivity contribution in [2.75, 3.05) is 33.4 Å². The van der Waals surface area contributed by atoms with Crippen LogP contribution in [0.3, 0.4) is 0 Å². The van der Waals surface area contributed by atoms with Gasteiger partial charge in [-0.3, -0.25) is 4.90 Å². The summed E-state index contributed by atoms with van der Waals surface area (Å²) >= 11 is 0. The third kappa shape index (κ3) is 6.52. The molecular formula is C19H22FNO4. The van der Waals surface area contributed by atoms with E-state index in [4.69, 9.17) is 14.6 Å². The number of carbonyl (C=O) groups is 1. The molecule has 0 bridgehead atoms. The monoisotopic (exact) mass is 347 g/mol. The zero-order valence-corrected chi connectivity index (χ0v) is 14.2. The average molecular weight is 347 g/mol. The summed E-state index contributed by atoms with van der Waals surface area (Å²) in [6.45, 7) is 3.10. The molecule has 1 N–H and O–H groups in total. The summed E-state index contributed by atoms with van der Waals surface area (Å²) in [5.41, 5.74) is 1.29. The number of hydrogen-bond acceptors (Lipinski definition) is 4. The van der Waals surface area contributed by atoms with E-state index in [1.165, 1.54) is 12.1 Å². The summed E-state index contributed by atoms with van der Waals surface area (Å²) in [4.78, 5) is 13.1. The van der Waals surface area contributed by atoms with Gasteiger partial charge in [0.1, 0.15) is 18.2 Å². The SMILES string of the molecule is COCCN(CCOc1ccc(F)cc1)Cc1ccc(C(=O)O)cc1. The van der Waals surface area contributed by atoms with Gasteiger partial charge in [0.05, 0.1) is 12.2 Å². The second kappa shape index (κ2) is 9.76. The maximum Gasteiger partial charge on any atom is 0.335 e. The molecule has 0 unspecified atom stereocenters. The van der Waals surface area contributed by atoms with Crippen LogP contribution in [-0.4, -0.2) is 49.4 Å². The van der Waals surface area contributed by atoms with Crippen molar-refractivity contribution in [3.63, 3.8) is 0 Å². The second-order valence-corrected chi connectivity index (χ2v) is 5.57. The van der Waals surface area contributed by atoms with E-state index in [9.17, 15) is 9.18 Å². The molecule has 0 saturated carbocycles. The Kier molecular flexibility index (Phi) is 7.37. The molecule has 25 heavy (non-hydrogen) atoms. The van der Waals surface area contributed by atoms with Gasteiger partial charge in [0.2, 0.25) is 0 Å². The molecule has 0 aliphatic rings. The van der Waals surface area contributed by atoms with E-state index in [1.807, 2.05) is 12.1 Å². The predicted molar refractivity (Wildman–Crippen MR) is 92.4 cm³/mol. The number of carboxylic acid groups (broad SMARTS) is 1. The number of carboxylic acids is 1. The smallest absolute Gasteiger partial charge is 0.335 e. The first-order valence-corrected chi connectivity index (χ1v) is 8.00. The highest BCUT2D eigenvalue weighted by Crippen LogP contribution is 2.12. The van der Waals surface area contributed by atoms with Gasteiger partial charge in [0, 0.05) is 26.7 Å². The van der Waals surface area contributed by atoms with Crippen LogP contribution in [0.1, 0.15) is 15.9 Å². The van der Waals surface area contributed by atoms with Crippen molar-refractivity contribution in [2.45, 2.75) is 6.54 Å². The Labute approximate surface area is 146 Å². The van der Waals surface area contributed by atoms with Crippen LogP contribution in [0.2, 0.25) is 0 Å². The van der Waals surface area contributed by atoms with Crippen LogP contribution in [0.5, 0.6) is 5.75 Å². The van der Waals surface area contributed by atoms with Gasteiger partial charge in [-0.2, -0.15) is 0 Å². The van der Waals surface area contributed by atoms with Crippen LogP contribution in [0.4, 0.5) is 4.39 Å². The molecule has 134 valence electrons. The largest absolute Gasteiger partial charge is 0.492 e. The Hall–Kier alpha value is -2.44. The van der Waals surface area contributed by atoms with Crippen LogP contribution >= 0.6 is 0 Å². The highest BCUT2D eigenvalue weighted by molar-refractivity contribution is 5.87. The third-order valence-electron chi connectivity index (χ3n) is 3.71.